The maximum Gasteiger partial charge on any atom is 0.416 e. The third kappa shape index (κ3) is 5.42. The lowest BCUT2D eigenvalue weighted by Gasteiger charge is -2.26. The van der Waals surface area contributed by atoms with Crippen molar-refractivity contribution < 1.29 is 18.0 Å². The number of aryl methyl sites for hydroxylation is 1. The Labute approximate surface area is 195 Å². The van der Waals surface area contributed by atoms with E-state index in [-0.39, 0.29) is 11.6 Å². The summed E-state index contributed by atoms with van der Waals surface area (Å²) < 4.78 is 40.5. The van der Waals surface area contributed by atoms with E-state index in [0.717, 1.165) is 48.8 Å². The summed E-state index contributed by atoms with van der Waals surface area (Å²) in [7, 11) is 0. The summed E-state index contributed by atoms with van der Waals surface area (Å²) in [6.07, 6.45) is -3.07. The second-order valence-corrected chi connectivity index (χ2v) is 9.32. The van der Waals surface area contributed by atoms with Gasteiger partial charge in [-0.25, -0.2) is 4.68 Å². The number of nitrogens with one attached hydrogen (secondary N) is 1. The number of alkyl halides is 3. The maximum absolute atomic E-state index is 13.1. The second-order valence-electron chi connectivity index (χ2n) is 8.10. The largest absolute Gasteiger partial charge is 0.416 e. The van der Waals surface area contributed by atoms with E-state index < -0.39 is 11.7 Å². The van der Waals surface area contributed by atoms with Crippen LogP contribution in [-0.2, 0) is 12.7 Å². The average molecular weight is 475 g/mol. The number of hydrogen-bond acceptors (Lipinski definition) is 4. The number of aromatic nitrogens is 2. The quantitative estimate of drug-likeness (QED) is 0.545. The van der Waals surface area contributed by atoms with Crippen LogP contribution in [0.3, 0.4) is 0 Å². The van der Waals surface area contributed by atoms with Crippen LogP contribution in [0.25, 0.3) is 5.69 Å². The highest BCUT2D eigenvalue weighted by molar-refractivity contribution is 7.99. The Bertz CT molecular complexity index is 1150. The Morgan fingerprint density at radius 2 is 1.88 bits per heavy atom. The summed E-state index contributed by atoms with van der Waals surface area (Å²) in [5.74, 6) is 1.95. The van der Waals surface area contributed by atoms with Gasteiger partial charge in [0.25, 0.3) is 5.91 Å². The maximum atomic E-state index is 13.1. The van der Waals surface area contributed by atoms with Gasteiger partial charge in [0.05, 0.1) is 28.7 Å². The summed E-state index contributed by atoms with van der Waals surface area (Å²) >= 11 is 1.98. The molecule has 1 aliphatic heterocycles. The number of halogens is 3. The molecule has 1 amide bonds. The number of carbonyl (C=O) groups excluding carboxylic acids is 1. The molecule has 1 saturated heterocycles. The lowest BCUT2D eigenvalue weighted by molar-refractivity contribution is -0.137. The molecule has 0 saturated carbocycles. The van der Waals surface area contributed by atoms with Crippen molar-refractivity contribution in [1.82, 2.24) is 14.7 Å². The zero-order valence-corrected chi connectivity index (χ0v) is 19.3. The standard InChI is InChI=1S/C24H25F3N4OS/c1-16-12-18(15-30-8-10-33-11-9-30)6-7-22(16)29-23(32)21-14-28-31(17(21)2)20-5-3-4-19(13-20)24(25,26)27/h3-7,12-14H,8-11,15H2,1-2H3,(H,29,32). The van der Waals surface area contributed by atoms with Gasteiger partial charge in [0.2, 0.25) is 0 Å². The van der Waals surface area contributed by atoms with Crippen LogP contribution >= 0.6 is 11.8 Å². The Kier molecular flexibility index (Phi) is 6.81. The van der Waals surface area contributed by atoms with Crippen molar-refractivity contribution in [1.29, 1.82) is 0 Å². The Morgan fingerprint density at radius 3 is 2.58 bits per heavy atom. The van der Waals surface area contributed by atoms with E-state index in [1.807, 2.05) is 30.8 Å². The van der Waals surface area contributed by atoms with E-state index in [9.17, 15) is 18.0 Å². The number of benzene rings is 2. The number of nitrogens with zero attached hydrogens (tertiary/aromatic N) is 3. The molecule has 0 bridgehead atoms. The van der Waals surface area contributed by atoms with Crippen molar-refractivity contribution in [2.45, 2.75) is 26.6 Å². The highest BCUT2D eigenvalue weighted by Gasteiger charge is 2.30. The fourth-order valence-corrected chi connectivity index (χ4v) is 4.86. The first-order valence-corrected chi connectivity index (χ1v) is 11.8. The van der Waals surface area contributed by atoms with Crippen molar-refractivity contribution in [3.63, 3.8) is 0 Å². The second kappa shape index (κ2) is 9.61. The molecular weight excluding hydrogens is 449 g/mol. The van der Waals surface area contributed by atoms with E-state index in [4.69, 9.17) is 0 Å². The molecule has 4 rings (SSSR count). The number of rotatable bonds is 5. The number of thioether (sulfide) groups is 1. The molecule has 2 aromatic carbocycles. The number of anilines is 1. The van der Waals surface area contributed by atoms with Crippen LogP contribution in [0.4, 0.5) is 18.9 Å². The van der Waals surface area contributed by atoms with Crippen LogP contribution in [-0.4, -0.2) is 45.2 Å². The summed E-state index contributed by atoms with van der Waals surface area (Å²) in [5, 5.41) is 7.06. The average Bonchev–Trinajstić information content (AvgIpc) is 3.17. The van der Waals surface area contributed by atoms with Crippen LogP contribution < -0.4 is 5.32 Å². The molecule has 3 aromatic rings. The minimum atomic E-state index is -4.45. The van der Waals surface area contributed by atoms with Crippen molar-refractivity contribution in [3.05, 3.63) is 76.6 Å². The van der Waals surface area contributed by atoms with Crippen molar-refractivity contribution in [2.24, 2.45) is 0 Å². The highest BCUT2D eigenvalue weighted by Crippen LogP contribution is 2.30. The minimum Gasteiger partial charge on any atom is -0.322 e. The molecule has 9 heteroatoms. The van der Waals surface area contributed by atoms with Gasteiger partial charge in [0.1, 0.15) is 0 Å². The van der Waals surface area contributed by atoms with Crippen molar-refractivity contribution in [3.8, 4) is 5.69 Å². The topological polar surface area (TPSA) is 50.2 Å². The zero-order valence-electron chi connectivity index (χ0n) is 18.4. The molecule has 0 atom stereocenters. The van der Waals surface area contributed by atoms with Gasteiger partial charge >= 0.3 is 6.18 Å². The monoisotopic (exact) mass is 474 g/mol. The van der Waals surface area contributed by atoms with Gasteiger partial charge in [-0.3, -0.25) is 9.69 Å². The molecule has 0 spiro atoms. The molecule has 174 valence electrons. The SMILES string of the molecule is Cc1cc(CN2CCSCC2)ccc1NC(=O)c1cnn(-c2cccc(C(F)(F)F)c2)c1C. The predicted molar refractivity (Wildman–Crippen MR) is 125 cm³/mol. The van der Waals surface area contributed by atoms with Gasteiger partial charge in [-0.1, -0.05) is 18.2 Å². The van der Waals surface area contributed by atoms with Gasteiger partial charge in [-0.15, -0.1) is 0 Å². The summed E-state index contributed by atoms with van der Waals surface area (Å²) in [6, 6.07) is 10.9. The molecule has 2 heterocycles. The van der Waals surface area contributed by atoms with Crippen molar-refractivity contribution in [2.75, 3.05) is 29.9 Å². The van der Waals surface area contributed by atoms with Gasteiger partial charge in [-0.2, -0.15) is 30.0 Å². The zero-order chi connectivity index (χ0) is 23.6. The molecule has 0 unspecified atom stereocenters. The van der Waals surface area contributed by atoms with Crippen LogP contribution in [0.1, 0.15) is 32.7 Å². The van der Waals surface area contributed by atoms with Gasteiger partial charge in [-0.05, 0) is 49.2 Å². The summed E-state index contributed by atoms with van der Waals surface area (Å²) in [6.45, 7) is 6.66. The van der Waals surface area contributed by atoms with Gasteiger partial charge in [0, 0.05) is 36.8 Å². The molecular formula is C24H25F3N4OS. The third-order valence-electron chi connectivity index (χ3n) is 5.72. The van der Waals surface area contributed by atoms with Crippen molar-refractivity contribution >= 4 is 23.4 Å². The number of amides is 1. The lowest BCUT2D eigenvalue weighted by Crippen LogP contribution is -2.31. The van der Waals surface area contributed by atoms with Crippen LogP contribution in [0.2, 0.25) is 0 Å². The Balaban J connectivity index is 1.49. The van der Waals surface area contributed by atoms with E-state index in [1.54, 1.807) is 6.92 Å². The smallest absolute Gasteiger partial charge is 0.322 e. The van der Waals surface area contributed by atoms with Crippen LogP contribution in [0, 0.1) is 13.8 Å². The molecule has 33 heavy (non-hydrogen) atoms. The van der Waals surface area contributed by atoms with E-state index in [0.29, 0.717) is 16.9 Å². The van der Waals surface area contributed by atoms with E-state index in [1.165, 1.54) is 28.6 Å². The normalized spacial score (nSPS) is 14.9. The van der Waals surface area contributed by atoms with Gasteiger partial charge in [0.15, 0.2) is 0 Å². The third-order valence-corrected chi connectivity index (χ3v) is 6.66. The molecule has 1 fully saturated rings. The summed E-state index contributed by atoms with van der Waals surface area (Å²) in [4.78, 5) is 15.3. The highest BCUT2D eigenvalue weighted by atomic mass is 32.2. The fraction of sp³-hybridized carbons (Fsp3) is 0.333. The molecule has 1 aliphatic rings. The van der Waals surface area contributed by atoms with Crippen LogP contribution in [0.5, 0.6) is 0 Å². The van der Waals surface area contributed by atoms with E-state index in [2.05, 4.69) is 21.4 Å². The number of hydrogen-bond donors (Lipinski definition) is 1. The first-order chi connectivity index (χ1) is 15.7. The molecule has 5 nitrogen and oxygen atoms in total. The predicted octanol–water partition coefficient (Wildman–Crippen LogP) is 5.31. The Morgan fingerprint density at radius 1 is 1.12 bits per heavy atom. The van der Waals surface area contributed by atoms with E-state index >= 15 is 0 Å². The fourth-order valence-electron chi connectivity index (χ4n) is 3.88. The molecule has 1 aromatic heterocycles. The first kappa shape index (κ1) is 23.4. The minimum absolute atomic E-state index is 0.248. The first-order valence-electron chi connectivity index (χ1n) is 10.7. The summed E-state index contributed by atoms with van der Waals surface area (Å²) in [5.41, 5.74) is 3.11. The molecule has 0 aliphatic carbocycles. The van der Waals surface area contributed by atoms with Crippen LogP contribution in [0.15, 0.2) is 48.7 Å². The molecule has 0 radical (unpaired) electrons. The van der Waals surface area contributed by atoms with Gasteiger partial charge < -0.3 is 5.32 Å². The molecule has 1 N–H and O–H groups in total. The number of carbonyl (C=O) groups is 1. The lowest BCUT2D eigenvalue weighted by atomic mass is 10.1. The Hall–Kier alpha value is -2.78.